The third-order valence-electron chi connectivity index (χ3n) is 7.44. The van der Waals surface area contributed by atoms with Crippen LogP contribution in [0.4, 0.5) is 0 Å². The van der Waals surface area contributed by atoms with Gasteiger partial charge in [0.1, 0.15) is 18.5 Å². The molecule has 0 radical (unpaired) electrons. The smallest absolute Gasteiger partial charge is 0.332 e. The maximum Gasteiger partial charge on any atom is 0.332 e. The molecule has 18 heteroatoms. The van der Waals surface area contributed by atoms with Crippen LogP contribution in [-0.4, -0.2) is 154 Å². The zero-order valence-electron chi connectivity index (χ0n) is 28.3. The molecular weight excluding hydrogens is 650 g/mol. The van der Waals surface area contributed by atoms with Gasteiger partial charge in [0, 0.05) is 59.2 Å². The second-order valence-corrected chi connectivity index (χ2v) is 11.7. The number of carbonyl (C=O) groups is 6. The molecule has 0 aromatic heterocycles. The van der Waals surface area contributed by atoms with E-state index >= 15 is 0 Å². The van der Waals surface area contributed by atoms with Crippen molar-refractivity contribution in [2.45, 2.75) is 89.0 Å². The highest BCUT2D eigenvalue weighted by Crippen LogP contribution is 2.15. The van der Waals surface area contributed by atoms with Gasteiger partial charge in [-0.05, 0) is 38.5 Å². The number of aldehydes is 1. The number of aliphatic hydroxyl groups is 2. The van der Waals surface area contributed by atoms with Gasteiger partial charge < -0.3 is 54.7 Å². The summed E-state index contributed by atoms with van der Waals surface area (Å²) in [5.41, 5.74) is 0. The van der Waals surface area contributed by atoms with Crippen molar-refractivity contribution in [3.8, 4) is 0 Å². The van der Waals surface area contributed by atoms with Crippen LogP contribution in [0.25, 0.3) is 0 Å². The predicted octanol–water partition coefficient (Wildman–Crippen LogP) is -1.88. The van der Waals surface area contributed by atoms with Gasteiger partial charge in [-0.1, -0.05) is 6.42 Å². The fourth-order valence-electron chi connectivity index (χ4n) is 4.86. The number of nitrogens with zero attached hydrogens (tertiary/aromatic N) is 2. The van der Waals surface area contributed by atoms with E-state index in [2.05, 4.69) is 16.0 Å². The third-order valence-corrected chi connectivity index (χ3v) is 7.44. The molecule has 0 spiro atoms. The van der Waals surface area contributed by atoms with Gasteiger partial charge in [0.2, 0.25) is 17.7 Å². The summed E-state index contributed by atoms with van der Waals surface area (Å²) in [6.07, 6.45) is 1.91. The average molecular weight is 704 g/mol. The molecule has 2 saturated heterocycles. The zero-order chi connectivity index (χ0) is 35.9. The number of hydrogen-bond donors (Lipinski definition) is 5. The van der Waals surface area contributed by atoms with Crippen LogP contribution in [0.15, 0.2) is 0 Å². The van der Waals surface area contributed by atoms with Gasteiger partial charge in [-0.3, -0.25) is 24.1 Å². The largest absolute Gasteiger partial charge is 0.388 e. The van der Waals surface area contributed by atoms with Crippen LogP contribution in [0.1, 0.15) is 64.2 Å². The van der Waals surface area contributed by atoms with Gasteiger partial charge in [0.25, 0.3) is 5.91 Å². The summed E-state index contributed by atoms with van der Waals surface area (Å²) < 4.78 is 21.7. The van der Waals surface area contributed by atoms with Crippen molar-refractivity contribution in [1.82, 2.24) is 25.9 Å². The topological polar surface area (TPSA) is 232 Å². The lowest BCUT2D eigenvalue weighted by molar-refractivity contribution is -0.213. The minimum atomic E-state index is -0.752. The molecule has 2 fully saturated rings. The van der Waals surface area contributed by atoms with E-state index in [1.165, 1.54) is 11.9 Å². The van der Waals surface area contributed by atoms with Crippen molar-refractivity contribution in [2.24, 2.45) is 0 Å². The molecule has 0 bridgehead atoms. The summed E-state index contributed by atoms with van der Waals surface area (Å²) in [5.74, 6) is -2.36. The molecule has 0 saturated carbocycles. The lowest BCUT2D eigenvalue weighted by atomic mass is 10.1. The van der Waals surface area contributed by atoms with Gasteiger partial charge in [0.05, 0.1) is 32.8 Å². The molecule has 0 aromatic carbocycles. The maximum absolute atomic E-state index is 12.7. The van der Waals surface area contributed by atoms with E-state index in [1.54, 1.807) is 0 Å². The number of hydroxylamine groups is 2. The molecule has 2 aliphatic heterocycles. The van der Waals surface area contributed by atoms with E-state index in [0.717, 1.165) is 17.9 Å². The van der Waals surface area contributed by atoms with E-state index in [9.17, 15) is 39.0 Å². The lowest BCUT2D eigenvalue weighted by Gasteiger charge is -2.28. The van der Waals surface area contributed by atoms with E-state index in [1.807, 2.05) is 0 Å². The van der Waals surface area contributed by atoms with E-state index in [4.69, 9.17) is 23.8 Å². The van der Waals surface area contributed by atoms with Crippen LogP contribution in [0, 0.1) is 0 Å². The molecule has 4 amide bonds. The predicted molar refractivity (Wildman–Crippen MR) is 170 cm³/mol. The van der Waals surface area contributed by atoms with Gasteiger partial charge in [-0.15, -0.1) is 0 Å². The highest BCUT2D eigenvalue weighted by atomic mass is 16.7. The number of nitrogens with one attached hydrogen (secondary N) is 3. The summed E-state index contributed by atoms with van der Waals surface area (Å²) >= 11 is 0. The van der Waals surface area contributed by atoms with Crippen molar-refractivity contribution in [3.63, 3.8) is 0 Å². The second-order valence-electron chi connectivity index (χ2n) is 11.7. The van der Waals surface area contributed by atoms with Crippen molar-refractivity contribution < 1.29 is 62.8 Å². The molecule has 2 aliphatic rings. The number of ether oxygens (including phenoxy) is 4. The van der Waals surface area contributed by atoms with Crippen molar-refractivity contribution in [1.29, 1.82) is 0 Å². The Kier molecular flexibility index (Phi) is 21.2. The first-order valence-corrected chi connectivity index (χ1v) is 16.8. The first-order chi connectivity index (χ1) is 23.6. The van der Waals surface area contributed by atoms with Gasteiger partial charge in [0.15, 0.2) is 12.6 Å². The molecule has 49 heavy (non-hydrogen) atoms. The molecule has 0 aliphatic carbocycles. The molecule has 4 unspecified atom stereocenters. The van der Waals surface area contributed by atoms with Crippen LogP contribution >= 0.6 is 0 Å². The summed E-state index contributed by atoms with van der Waals surface area (Å²) in [5, 5.41) is 28.8. The third kappa shape index (κ3) is 18.9. The summed E-state index contributed by atoms with van der Waals surface area (Å²) in [7, 11) is 1.30. The summed E-state index contributed by atoms with van der Waals surface area (Å²) in [4.78, 5) is 78.3. The van der Waals surface area contributed by atoms with E-state index < -0.39 is 54.4 Å². The molecule has 18 nitrogen and oxygen atoms in total. The SMILES string of the molecule is CN(OC(=O)CCCCCNC(=O)CN(CC(=O)NCCOC1OCCCC1O)CC(=O)NCCOC1OCCCC1O)C(=O)CCC=O. The van der Waals surface area contributed by atoms with Crippen molar-refractivity contribution >= 4 is 35.9 Å². The van der Waals surface area contributed by atoms with Crippen LogP contribution in [0.5, 0.6) is 0 Å². The van der Waals surface area contributed by atoms with E-state index in [-0.39, 0.29) is 65.2 Å². The van der Waals surface area contributed by atoms with Gasteiger partial charge >= 0.3 is 5.97 Å². The number of unbranched alkanes of at least 4 members (excludes halogenated alkanes) is 2. The molecule has 2 heterocycles. The van der Waals surface area contributed by atoms with Crippen LogP contribution in [0.2, 0.25) is 0 Å². The Bertz CT molecular complexity index is 992. The summed E-state index contributed by atoms with van der Waals surface area (Å²) in [6.45, 7) is 0.967. The number of amides is 4. The first kappa shape index (κ1) is 41.9. The zero-order valence-corrected chi connectivity index (χ0v) is 28.3. The molecular formula is C31H53N5O13. The maximum atomic E-state index is 12.7. The molecule has 4 atom stereocenters. The monoisotopic (exact) mass is 703 g/mol. The van der Waals surface area contributed by atoms with Gasteiger partial charge in [-0.25, -0.2) is 4.79 Å². The quantitative estimate of drug-likeness (QED) is 0.0446. The fraction of sp³-hybridized carbons (Fsp3) is 0.806. The standard InChI is InChI=1S/C31H53N5O13/c1-35(28(43)10-5-15-37)49-29(44)11-3-2-4-12-32-25(40)20-36(21-26(41)33-13-18-47-30-23(38)8-6-16-45-30)22-27(42)34-14-19-48-31-24(39)9-7-17-46-31/h15,23-24,30-31,38-39H,2-14,16-22H2,1H3,(H,32,40)(H,33,41)(H,34,42). The van der Waals surface area contributed by atoms with Crippen LogP contribution < -0.4 is 16.0 Å². The average Bonchev–Trinajstić information content (AvgIpc) is 3.06. The van der Waals surface area contributed by atoms with Crippen LogP contribution in [0.3, 0.4) is 0 Å². The number of rotatable bonds is 23. The Balaban J connectivity index is 1.72. The summed E-state index contributed by atoms with van der Waals surface area (Å²) in [6, 6.07) is 0. The second kappa shape index (κ2) is 24.8. The Morgan fingerprint density at radius 3 is 1.76 bits per heavy atom. The Labute approximate surface area is 286 Å². The highest BCUT2D eigenvalue weighted by molar-refractivity contribution is 5.84. The molecule has 280 valence electrons. The minimum absolute atomic E-state index is 0.0431. The highest BCUT2D eigenvalue weighted by Gasteiger charge is 2.26. The first-order valence-electron chi connectivity index (χ1n) is 16.8. The molecule has 0 aromatic rings. The Morgan fingerprint density at radius 1 is 0.755 bits per heavy atom. The number of aliphatic hydroxyl groups excluding tert-OH is 2. The number of carbonyl (C=O) groups excluding carboxylic acids is 6. The molecule has 2 rings (SSSR count). The number of hydrogen-bond acceptors (Lipinski definition) is 14. The Hall–Kier alpha value is -3.26. The van der Waals surface area contributed by atoms with Crippen molar-refractivity contribution in [2.75, 3.05) is 72.7 Å². The fourth-order valence-corrected chi connectivity index (χ4v) is 4.86. The molecule has 5 N–H and O–H groups in total. The van der Waals surface area contributed by atoms with E-state index in [0.29, 0.717) is 58.1 Å². The van der Waals surface area contributed by atoms with Gasteiger partial charge in [-0.2, -0.15) is 5.06 Å². The minimum Gasteiger partial charge on any atom is -0.388 e. The lowest BCUT2D eigenvalue weighted by Crippen LogP contribution is -2.48. The van der Waals surface area contributed by atoms with Crippen molar-refractivity contribution in [3.05, 3.63) is 0 Å². The normalized spacial score (nSPS) is 20.7. The van der Waals surface area contributed by atoms with Crippen LogP contribution in [-0.2, 0) is 52.6 Å². The Morgan fingerprint density at radius 2 is 1.27 bits per heavy atom.